The third kappa shape index (κ3) is 7.46. The summed E-state index contributed by atoms with van der Waals surface area (Å²) in [6.45, 7) is 6.05. The van der Waals surface area contributed by atoms with Crippen LogP contribution in [0.2, 0.25) is 5.02 Å². The minimum atomic E-state index is -3.53. The Morgan fingerprint density at radius 1 is 1.09 bits per heavy atom. The highest BCUT2D eigenvalue weighted by molar-refractivity contribution is 7.92. The number of rotatable bonds is 11. The van der Waals surface area contributed by atoms with Gasteiger partial charge < -0.3 is 10.2 Å². The average Bonchev–Trinajstić information content (AvgIpc) is 2.78. The molecule has 0 fully saturated rings. The van der Waals surface area contributed by atoms with E-state index >= 15 is 0 Å². The predicted molar refractivity (Wildman–Crippen MR) is 137 cm³/mol. The molecule has 9 heteroatoms. The Morgan fingerprint density at radius 3 is 2.29 bits per heavy atom. The molecule has 0 saturated carbocycles. The molecule has 7 nitrogen and oxygen atoms in total. The molecule has 2 aromatic rings. The summed E-state index contributed by atoms with van der Waals surface area (Å²) in [5.74, 6) is -0.447. The number of carbonyl (C=O) groups is 2. The van der Waals surface area contributed by atoms with E-state index in [9.17, 15) is 18.0 Å². The number of sulfonamides is 1. The molecular formula is C25H34ClN3O4S. The number of halogens is 1. The molecule has 0 radical (unpaired) electrons. The Hall–Kier alpha value is -2.58. The van der Waals surface area contributed by atoms with E-state index in [-0.39, 0.29) is 31.3 Å². The van der Waals surface area contributed by atoms with E-state index in [2.05, 4.69) is 5.32 Å². The Labute approximate surface area is 208 Å². The van der Waals surface area contributed by atoms with Crippen molar-refractivity contribution in [2.75, 3.05) is 24.2 Å². The van der Waals surface area contributed by atoms with Gasteiger partial charge in [0.2, 0.25) is 21.8 Å². The number of hydrogen-bond acceptors (Lipinski definition) is 4. The molecule has 2 amide bonds. The molecule has 2 aromatic carbocycles. The maximum atomic E-state index is 13.3. The second-order valence-corrected chi connectivity index (χ2v) is 10.8. The lowest BCUT2D eigenvalue weighted by molar-refractivity contribution is -0.141. The zero-order valence-electron chi connectivity index (χ0n) is 20.5. The molecule has 1 N–H and O–H groups in total. The van der Waals surface area contributed by atoms with Crippen molar-refractivity contribution in [3.8, 4) is 0 Å². The quantitative estimate of drug-likeness (QED) is 0.497. The van der Waals surface area contributed by atoms with E-state index in [1.807, 2.05) is 51.1 Å². The van der Waals surface area contributed by atoms with E-state index in [1.165, 1.54) is 10.6 Å². The smallest absolute Gasteiger partial charge is 0.242 e. The fourth-order valence-electron chi connectivity index (χ4n) is 3.84. The van der Waals surface area contributed by atoms with E-state index in [1.54, 1.807) is 24.1 Å². The van der Waals surface area contributed by atoms with Crippen molar-refractivity contribution in [3.05, 3.63) is 64.2 Å². The topological polar surface area (TPSA) is 86.8 Å². The maximum Gasteiger partial charge on any atom is 0.242 e. The number of hydrogen-bond donors (Lipinski definition) is 1. The number of amides is 2. The number of benzene rings is 2. The molecule has 0 saturated heterocycles. The van der Waals surface area contributed by atoms with E-state index in [0.717, 1.165) is 16.7 Å². The second kappa shape index (κ2) is 12.2. The molecule has 0 bridgehead atoms. The van der Waals surface area contributed by atoms with Crippen LogP contribution in [0.25, 0.3) is 0 Å². The van der Waals surface area contributed by atoms with Gasteiger partial charge in [-0.15, -0.1) is 0 Å². The van der Waals surface area contributed by atoms with Gasteiger partial charge in [-0.1, -0.05) is 42.8 Å². The molecule has 1 atom stereocenters. The third-order valence-corrected chi connectivity index (χ3v) is 7.12. The molecule has 0 aliphatic heterocycles. The summed E-state index contributed by atoms with van der Waals surface area (Å²) in [7, 11) is -1.99. The van der Waals surface area contributed by atoms with Crippen LogP contribution >= 0.6 is 11.6 Å². The summed E-state index contributed by atoms with van der Waals surface area (Å²) in [5, 5.41) is 3.22. The lowest BCUT2D eigenvalue weighted by Crippen LogP contribution is -2.48. The van der Waals surface area contributed by atoms with Gasteiger partial charge in [-0.25, -0.2) is 8.42 Å². The monoisotopic (exact) mass is 507 g/mol. The van der Waals surface area contributed by atoms with Gasteiger partial charge in [0.25, 0.3) is 0 Å². The summed E-state index contributed by atoms with van der Waals surface area (Å²) >= 11 is 5.98. The fraction of sp³-hybridized carbons (Fsp3) is 0.440. The lowest BCUT2D eigenvalue weighted by Gasteiger charge is -2.31. The van der Waals surface area contributed by atoms with Crippen LogP contribution < -0.4 is 9.62 Å². The highest BCUT2D eigenvalue weighted by Crippen LogP contribution is 2.25. The first-order valence-corrected chi connectivity index (χ1v) is 13.5. The average molecular weight is 508 g/mol. The van der Waals surface area contributed by atoms with Crippen LogP contribution in [-0.4, -0.2) is 51.0 Å². The molecule has 34 heavy (non-hydrogen) atoms. The van der Waals surface area contributed by atoms with E-state index in [4.69, 9.17) is 11.6 Å². The van der Waals surface area contributed by atoms with Gasteiger partial charge in [0.15, 0.2) is 0 Å². The summed E-state index contributed by atoms with van der Waals surface area (Å²) in [5.41, 5.74) is 3.27. The van der Waals surface area contributed by atoms with Crippen LogP contribution in [0.3, 0.4) is 0 Å². The zero-order valence-corrected chi connectivity index (χ0v) is 22.0. The number of anilines is 1. The van der Waals surface area contributed by atoms with Crippen molar-refractivity contribution in [1.29, 1.82) is 0 Å². The van der Waals surface area contributed by atoms with Gasteiger partial charge in [-0.05, 0) is 61.6 Å². The second-order valence-electron chi connectivity index (χ2n) is 8.42. The highest BCUT2D eigenvalue weighted by atomic mass is 35.5. The van der Waals surface area contributed by atoms with Crippen molar-refractivity contribution in [1.82, 2.24) is 10.2 Å². The molecule has 2 rings (SSSR count). The van der Waals surface area contributed by atoms with Crippen LogP contribution in [0.4, 0.5) is 5.69 Å². The van der Waals surface area contributed by atoms with Crippen molar-refractivity contribution in [2.45, 2.75) is 52.6 Å². The van der Waals surface area contributed by atoms with Crippen LogP contribution in [0.5, 0.6) is 0 Å². The van der Waals surface area contributed by atoms with Crippen LogP contribution in [0, 0.1) is 13.8 Å². The summed E-state index contributed by atoms with van der Waals surface area (Å²) < 4.78 is 26.4. The first-order valence-electron chi connectivity index (χ1n) is 11.3. The SMILES string of the molecule is CC[C@H](C(=O)NC)N(Cc1ccc(Cl)cc1)C(=O)CCCN(c1cc(C)ccc1C)S(C)(=O)=O. The van der Waals surface area contributed by atoms with Crippen molar-refractivity contribution in [3.63, 3.8) is 0 Å². The summed E-state index contributed by atoms with van der Waals surface area (Å²) in [4.78, 5) is 27.3. The first kappa shape index (κ1) is 27.7. The summed E-state index contributed by atoms with van der Waals surface area (Å²) in [6.07, 6.45) is 2.05. The number of aryl methyl sites for hydroxylation is 2. The molecule has 0 aliphatic rings. The summed E-state index contributed by atoms with van der Waals surface area (Å²) in [6, 6.07) is 12.2. The molecular weight excluding hydrogens is 474 g/mol. The minimum Gasteiger partial charge on any atom is -0.357 e. The van der Waals surface area contributed by atoms with Crippen molar-refractivity contribution < 1.29 is 18.0 Å². The van der Waals surface area contributed by atoms with Gasteiger partial charge in [0, 0.05) is 31.6 Å². The molecule has 0 aliphatic carbocycles. The highest BCUT2D eigenvalue weighted by Gasteiger charge is 2.28. The Morgan fingerprint density at radius 2 is 1.74 bits per heavy atom. The zero-order chi connectivity index (χ0) is 25.5. The number of nitrogens with zero attached hydrogens (tertiary/aromatic N) is 2. The molecule has 0 heterocycles. The lowest BCUT2D eigenvalue weighted by atomic mass is 10.1. The molecule has 0 spiro atoms. The van der Waals surface area contributed by atoms with Crippen LogP contribution in [0.15, 0.2) is 42.5 Å². The van der Waals surface area contributed by atoms with Gasteiger partial charge in [-0.2, -0.15) is 0 Å². The number of likely N-dealkylation sites (N-methyl/N-ethyl adjacent to an activating group) is 1. The Bertz CT molecular complexity index is 1100. The van der Waals surface area contributed by atoms with Crippen molar-refractivity contribution in [2.24, 2.45) is 0 Å². The van der Waals surface area contributed by atoms with Crippen molar-refractivity contribution >= 4 is 39.1 Å². The van der Waals surface area contributed by atoms with Gasteiger partial charge in [0.1, 0.15) is 6.04 Å². The first-order chi connectivity index (χ1) is 16.0. The third-order valence-electron chi connectivity index (χ3n) is 5.68. The number of carbonyl (C=O) groups excluding carboxylic acids is 2. The largest absolute Gasteiger partial charge is 0.357 e. The minimum absolute atomic E-state index is 0.109. The molecule has 186 valence electrons. The normalized spacial score (nSPS) is 12.2. The fourth-order valence-corrected chi connectivity index (χ4v) is 4.98. The molecule has 0 unspecified atom stereocenters. The van der Waals surface area contributed by atoms with E-state index in [0.29, 0.717) is 23.6 Å². The predicted octanol–water partition coefficient (Wildman–Crippen LogP) is 4.06. The van der Waals surface area contributed by atoms with Gasteiger partial charge in [-0.3, -0.25) is 13.9 Å². The van der Waals surface area contributed by atoms with Crippen LogP contribution in [0.1, 0.15) is 42.9 Å². The Kier molecular flexibility index (Phi) is 9.94. The molecule has 0 aromatic heterocycles. The van der Waals surface area contributed by atoms with E-state index < -0.39 is 16.1 Å². The van der Waals surface area contributed by atoms with Gasteiger partial charge >= 0.3 is 0 Å². The standard InChI is InChI=1S/C25H34ClN3O4S/c1-6-22(25(31)27-4)28(17-20-11-13-21(26)14-12-20)24(30)8-7-15-29(34(5,32)33)23-16-18(2)9-10-19(23)3/h9-14,16,22H,6-8,15,17H2,1-5H3,(H,27,31)/t22-/m1/s1. The Balaban J connectivity index is 2.21. The number of nitrogens with one attached hydrogen (secondary N) is 1. The van der Waals surface area contributed by atoms with Crippen LogP contribution in [-0.2, 0) is 26.2 Å². The maximum absolute atomic E-state index is 13.3. The van der Waals surface area contributed by atoms with Gasteiger partial charge in [0.05, 0.1) is 11.9 Å².